The first-order chi connectivity index (χ1) is 9.68. The minimum absolute atomic E-state index is 0.0390. The molecule has 0 aromatic carbocycles. The van der Waals surface area contributed by atoms with Crippen LogP contribution in [0.1, 0.15) is 45.4 Å². The second-order valence-corrected chi connectivity index (χ2v) is 7.47. The molecule has 0 aromatic heterocycles. The minimum atomic E-state index is -0.300. The van der Waals surface area contributed by atoms with Crippen LogP contribution < -0.4 is 5.32 Å². The van der Waals surface area contributed by atoms with Crippen LogP contribution in [-0.4, -0.2) is 46.3 Å². The van der Waals surface area contributed by atoms with E-state index in [-0.39, 0.29) is 29.9 Å². The predicted molar refractivity (Wildman–Crippen MR) is 80.5 cm³/mol. The molecule has 20 heavy (non-hydrogen) atoms. The Labute approximate surface area is 125 Å². The summed E-state index contributed by atoms with van der Waals surface area (Å²) < 4.78 is 0. The zero-order valence-electron chi connectivity index (χ0n) is 12.1. The van der Waals surface area contributed by atoms with Crippen LogP contribution in [0.2, 0.25) is 0 Å². The van der Waals surface area contributed by atoms with Crippen LogP contribution in [0.4, 0.5) is 0 Å². The van der Waals surface area contributed by atoms with Gasteiger partial charge >= 0.3 is 0 Å². The number of carbonyl (C=O) groups excluding carboxylic acids is 2. The fourth-order valence-corrected chi connectivity index (χ4v) is 5.04. The molecule has 3 unspecified atom stereocenters. The van der Waals surface area contributed by atoms with Gasteiger partial charge in [0, 0.05) is 11.8 Å². The Morgan fingerprint density at radius 3 is 2.55 bits per heavy atom. The van der Waals surface area contributed by atoms with Crippen LogP contribution in [-0.2, 0) is 9.59 Å². The first kappa shape index (κ1) is 14.2. The zero-order valence-corrected chi connectivity index (χ0v) is 13.0. The summed E-state index contributed by atoms with van der Waals surface area (Å²) in [5.74, 6) is 2.66. The highest BCUT2D eigenvalue weighted by Crippen LogP contribution is 2.32. The van der Waals surface area contributed by atoms with Crippen molar-refractivity contribution in [3.05, 3.63) is 0 Å². The first-order valence-corrected chi connectivity index (χ1v) is 9.04. The highest BCUT2D eigenvalue weighted by Gasteiger charge is 2.45. The van der Waals surface area contributed by atoms with Crippen LogP contribution in [0.25, 0.3) is 0 Å². The van der Waals surface area contributed by atoms with Gasteiger partial charge in [-0.05, 0) is 37.9 Å². The molecular formula is C15H24N2O2S. The lowest BCUT2D eigenvalue weighted by atomic mass is 9.82. The molecule has 2 heterocycles. The van der Waals surface area contributed by atoms with E-state index in [1.807, 2.05) is 23.6 Å². The molecule has 1 N–H and O–H groups in total. The molecule has 2 amide bonds. The number of nitrogens with zero attached hydrogens (tertiary/aromatic N) is 1. The molecule has 3 rings (SSSR count). The molecular weight excluding hydrogens is 272 g/mol. The van der Waals surface area contributed by atoms with Crippen LogP contribution in [0, 0.1) is 5.92 Å². The van der Waals surface area contributed by atoms with Gasteiger partial charge in [0.1, 0.15) is 12.1 Å². The SMILES string of the molecule is CC1C(=O)NC(C2CCCCC2)C(=O)N1C1CCSC1. The maximum absolute atomic E-state index is 12.9. The van der Waals surface area contributed by atoms with Crippen molar-refractivity contribution < 1.29 is 9.59 Å². The van der Waals surface area contributed by atoms with Crippen molar-refractivity contribution in [1.82, 2.24) is 10.2 Å². The van der Waals surface area contributed by atoms with Gasteiger partial charge in [-0.15, -0.1) is 0 Å². The smallest absolute Gasteiger partial charge is 0.246 e. The number of amides is 2. The molecule has 2 saturated heterocycles. The van der Waals surface area contributed by atoms with E-state index in [0.717, 1.165) is 30.8 Å². The number of thioether (sulfide) groups is 1. The number of nitrogens with one attached hydrogen (secondary N) is 1. The number of rotatable bonds is 2. The van der Waals surface area contributed by atoms with E-state index in [9.17, 15) is 9.59 Å². The van der Waals surface area contributed by atoms with Gasteiger partial charge in [0.15, 0.2) is 0 Å². The Morgan fingerprint density at radius 1 is 1.15 bits per heavy atom. The molecule has 0 spiro atoms. The predicted octanol–water partition coefficient (Wildman–Crippen LogP) is 1.79. The van der Waals surface area contributed by atoms with Gasteiger partial charge in [0.25, 0.3) is 0 Å². The molecule has 1 aliphatic carbocycles. The van der Waals surface area contributed by atoms with Crippen LogP contribution in [0.15, 0.2) is 0 Å². The van der Waals surface area contributed by atoms with Gasteiger partial charge in [-0.2, -0.15) is 11.8 Å². The van der Waals surface area contributed by atoms with E-state index in [1.165, 1.54) is 19.3 Å². The summed E-state index contributed by atoms with van der Waals surface area (Å²) in [6.45, 7) is 1.87. The van der Waals surface area contributed by atoms with Gasteiger partial charge in [-0.3, -0.25) is 9.59 Å². The Balaban J connectivity index is 1.78. The molecule has 0 aromatic rings. The summed E-state index contributed by atoms with van der Waals surface area (Å²) in [5.41, 5.74) is 0. The van der Waals surface area contributed by atoms with Crippen molar-refractivity contribution in [3.63, 3.8) is 0 Å². The largest absolute Gasteiger partial charge is 0.342 e. The minimum Gasteiger partial charge on any atom is -0.342 e. The van der Waals surface area contributed by atoms with Gasteiger partial charge in [-0.25, -0.2) is 0 Å². The van der Waals surface area contributed by atoms with Crippen LogP contribution in [0.3, 0.4) is 0 Å². The fourth-order valence-electron chi connectivity index (χ4n) is 3.84. The number of hydrogen-bond acceptors (Lipinski definition) is 3. The van der Waals surface area contributed by atoms with Gasteiger partial charge in [0.05, 0.1) is 0 Å². The Bertz CT molecular complexity index is 389. The number of piperazine rings is 1. The highest BCUT2D eigenvalue weighted by molar-refractivity contribution is 7.99. The van der Waals surface area contributed by atoms with Crippen LogP contribution in [0.5, 0.6) is 0 Å². The first-order valence-electron chi connectivity index (χ1n) is 7.89. The summed E-state index contributed by atoms with van der Waals surface area (Å²) in [6.07, 6.45) is 6.85. The van der Waals surface area contributed by atoms with E-state index in [0.29, 0.717) is 5.92 Å². The van der Waals surface area contributed by atoms with E-state index < -0.39 is 0 Å². The van der Waals surface area contributed by atoms with E-state index in [1.54, 1.807) is 0 Å². The second kappa shape index (κ2) is 5.96. The average molecular weight is 296 g/mol. The third kappa shape index (κ3) is 2.57. The summed E-state index contributed by atoms with van der Waals surface area (Å²) in [4.78, 5) is 27.0. The van der Waals surface area contributed by atoms with E-state index in [2.05, 4.69) is 5.32 Å². The molecule has 5 heteroatoms. The maximum Gasteiger partial charge on any atom is 0.246 e. The number of carbonyl (C=O) groups is 2. The molecule has 3 atom stereocenters. The third-order valence-electron chi connectivity index (χ3n) is 5.04. The Kier molecular flexibility index (Phi) is 4.24. The lowest BCUT2D eigenvalue weighted by molar-refractivity contribution is -0.152. The van der Waals surface area contributed by atoms with Crippen molar-refractivity contribution >= 4 is 23.6 Å². The molecule has 3 fully saturated rings. The molecule has 3 aliphatic rings. The van der Waals surface area contributed by atoms with Crippen molar-refractivity contribution in [1.29, 1.82) is 0 Å². The monoisotopic (exact) mass is 296 g/mol. The Hall–Kier alpha value is -0.710. The quantitative estimate of drug-likeness (QED) is 0.845. The lowest BCUT2D eigenvalue weighted by Crippen LogP contribution is -2.66. The van der Waals surface area contributed by atoms with Gasteiger partial charge < -0.3 is 10.2 Å². The van der Waals surface area contributed by atoms with Crippen molar-refractivity contribution in [2.75, 3.05) is 11.5 Å². The summed E-state index contributed by atoms with van der Waals surface area (Å²) in [6, 6.07) is -0.296. The number of hydrogen-bond donors (Lipinski definition) is 1. The van der Waals surface area contributed by atoms with Gasteiger partial charge in [0.2, 0.25) is 11.8 Å². The lowest BCUT2D eigenvalue weighted by Gasteiger charge is -2.43. The maximum atomic E-state index is 12.9. The second-order valence-electron chi connectivity index (χ2n) is 6.32. The Morgan fingerprint density at radius 2 is 1.90 bits per heavy atom. The molecule has 4 nitrogen and oxygen atoms in total. The standard InChI is InChI=1S/C15H24N2O2S/c1-10-14(18)16-13(11-5-3-2-4-6-11)15(19)17(10)12-7-8-20-9-12/h10-13H,2-9H2,1H3,(H,16,18). The van der Waals surface area contributed by atoms with Crippen molar-refractivity contribution in [3.8, 4) is 0 Å². The van der Waals surface area contributed by atoms with Gasteiger partial charge in [-0.1, -0.05) is 19.3 Å². The molecule has 2 aliphatic heterocycles. The summed E-state index contributed by atoms with van der Waals surface area (Å²) in [7, 11) is 0. The van der Waals surface area contributed by atoms with Crippen molar-refractivity contribution in [2.45, 2.75) is 63.6 Å². The fraction of sp³-hybridized carbons (Fsp3) is 0.867. The zero-order chi connectivity index (χ0) is 14.1. The topological polar surface area (TPSA) is 49.4 Å². The summed E-state index contributed by atoms with van der Waals surface area (Å²) >= 11 is 1.89. The molecule has 112 valence electrons. The normalized spacial score (nSPS) is 36.2. The van der Waals surface area contributed by atoms with Crippen LogP contribution >= 0.6 is 11.8 Å². The molecule has 1 saturated carbocycles. The third-order valence-corrected chi connectivity index (χ3v) is 6.18. The van der Waals surface area contributed by atoms with Crippen molar-refractivity contribution in [2.24, 2.45) is 5.92 Å². The summed E-state index contributed by atoms with van der Waals surface area (Å²) in [5, 5.41) is 3.00. The highest BCUT2D eigenvalue weighted by atomic mass is 32.2. The molecule has 0 bridgehead atoms. The van der Waals surface area contributed by atoms with E-state index in [4.69, 9.17) is 0 Å². The average Bonchev–Trinajstić information content (AvgIpc) is 2.98. The molecule has 0 radical (unpaired) electrons. The van der Waals surface area contributed by atoms with E-state index >= 15 is 0 Å².